The zero-order chi connectivity index (χ0) is 25.2. The molecule has 2 fully saturated rings. The first-order valence-electron chi connectivity index (χ1n) is 12.2. The maximum atomic E-state index is 12.3. The minimum Gasteiger partial charge on any atom is -0.436 e. The summed E-state index contributed by atoms with van der Waals surface area (Å²) in [5.74, 6) is 1.66. The zero-order valence-electron chi connectivity index (χ0n) is 21.0. The maximum Gasteiger partial charge on any atom is 0.498 e. The topological polar surface area (TPSA) is 111 Å². The van der Waals surface area contributed by atoms with Crippen molar-refractivity contribution in [3.05, 3.63) is 36.7 Å². The number of carbonyl (C=O) groups excluding carboxylic acids is 1. The number of nitrogens with zero attached hydrogens (tertiary/aromatic N) is 3. The highest BCUT2D eigenvalue weighted by molar-refractivity contribution is 6.64. The number of carbonyl (C=O) groups is 1. The Kier molecular flexibility index (Phi) is 5.10. The molecule has 4 heterocycles. The van der Waals surface area contributed by atoms with Crippen LogP contribution in [-0.4, -0.2) is 46.2 Å². The highest BCUT2D eigenvalue weighted by atomic mass is 16.7. The molecule has 1 aliphatic heterocycles. The van der Waals surface area contributed by atoms with Gasteiger partial charge in [-0.25, -0.2) is 15.0 Å². The van der Waals surface area contributed by atoms with Crippen LogP contribution in [0.1, 0.15) is 40.5 Å². The number of para-hydroxylation sites is 1. The van der Waals surface area contributed by atoms with Crippen LogP contribution in [0.4, 0.5) is 11.6 Å². The fourth-order valence-electron chi connectivity index (χ4n) is 4.39. The van der Waals surface area contributed by atoms with Crippen LogP contribution in [0.25, 0.3) is 33.3 Å². The second kappa shape index (κ2) is 8.01. The molecule has 184 valence electrons. The second-order valence-electron chi connectivity index (χ2n) is 10.5. The van der Waals surface area contributed by atoms with Crippen molar-refractivity contribution in [1.82, 2.24) is 15.0 Å². The molecular formula is C26H28BN5O4. The summed E-state index contributed by atoms with van der Waals surface area (Å²) in [4.78, 5) is 26.1. The Bertz CT molecular complexity index is 1500. The molecule has 1 aliphatic carbocycles. The third-order valence-corrected chi connectivity index (χ3v) is 7.39. The average Bonchev–Trinajstić information content (AvgIpc) is 3.56. The summed E-state index contributed by atoms with van der Waals surface area (Å²) in [5.41, 5.74) is 1.84. The van der Waals surface area contributed by atoms with Crippen molar-refractivity contribution >= 4 is 52.0 Å². The Labute approximate surface area is 209 Å². The fraction of sp³-hybridized carbons (Fsp3) is 0.385. The SMILES string of the molecule is CNc1ncc(-c2nc3cccc(B4OC(C)(C)C(C)(C)O4)c3o2)c2cc(NC(=O)C3CC3)ncc12. The molecule has 0 bridgehead atoms. The summed E-state index contributed by atoms with van der Waals surface area (Å²) in [6.45, 7) is 8.09. The molecule has 1 aromatic carbocycles. The highest BCUT2D eigenvalue weighted by Crippen LogP contribution is 2.38. The van der Waals surface area contributed by atoms with E-state index >= 15 is 0 Å². The molecule has 2 N–H and O–H groups in total. The van der Waals surface area contributed by atoms with Gasteiger partial charge < -0.3 is 24.4 Å². The van der Waals surface area contributed by atoms with Crippen molar-refractivity contribution in [3.63, 3.8) is 0 Å². The quantitative estimate of drug-likeness (QED) is 0.406. The van der Waals surface area contributed by atoms with Crippen molar-refractivity contribution < 1.29 is 18.5 Å². The third kappa shape index (κ3) is 3.72. The van der Waals surface area contributed by atoms with Crippen LogP contribution < -0.4 is 16.1 Å². The van der Waals surface area contributed by atoms with Crippen LogP contribution in [-0.2, 0) is 14.1 Å². The van der Waals surface area contributed by atoms with Crippen LogP contribution in [0.5, 0.6) is 0 Å². The van der Waals surface area contributed by atoms with E-state index in [0.717, 1.165) is 29.1 Å². The number of aromatic nitrogens is 3. The molecule has 1 amide bonds. The molecule has 6 rings (SSSR count). The summed E-state index contributed by atoms with van der Waals surface area (Å²) in [6, 6.07) is 7.61. The van der Waals surface area contributed by atoms with Crippen molar-refractivity contribution in [2.45, 2.75) is 51.7 Å². The molecule has 0 spiro atoms. The van der Waals surface area contributed by atoms with E-state index in [1.165, 1.54) is 0 Å². The predicted octanol–water partition coefficient (Wildman–Crippen LogP) is 4.13. The number of pyridine rings is 2. The van der Waals surface area contributed by atoms with Gasteiger partial charge in [0, 0.05) is 41.6 Å². The monoisotopic (exact) mass is 485 g/mol. The van der Waals surface area contributed by atoms with E-state index in [1.807, 2.05) is 52.0 Å². The van der Waals surface area contributed by atoms with Gasteiger partial charge in [0.15, 0.2) is 5.58 Å². The zero-order valence-corrected chi connectivity index (χ0v) is 21.0. The fourth-order valence-corrected chi connectivity index (χ4v) is 4.39. The van der Waals surface area contributed by atoms with Crippen molar-refractivity contribution in [2.24, 2.45) is 5.92 Å². The lowest BCUT2D eigenvalue weighted by Gasteiger charge is -2.32. The number of hydrogen-bond acceptors (Lipinski definition) is 8. The average molecular weight is 485 g/mol. The van der Waals surface area contributed by atoms with E-state index in [9.17, 15) is 4.79 Å². The Hall–Kier alpha value is -3.50. The Balaban J connectivity index is 1.45. The van der Waals surface area contributed by atoms with Crippen LogP contribution in [0.15, 0.2) is 41.1 Å². The van der Waals surface area contributed by atoms with Crippen molar-refractivity contribution in [3.8, 4) is 11.5 Å². The number of anilines is 2. The van der Waals surface area contributed by atoms with Gasteiger partial charge in [-0.15, -0.1) is 0 Å². The summed E-state index contributed by atoms with van der Waals surface area (Å²) < 4.78 is 18.9. The first-order valence-corrected chi connectivity index (χ1v) is 12.2. The number of rotatable bonds is 5. The Morgan fingerprint density at radius 2 is 1.81 bits per heavy atom. The van der Waals surface area contributed by atoms with Gasteiger partial charge in [-0.05, 0) is 52.7 Å². The molecule has 0 radical (unpaired) electrons. The molecule has 10 heteroatoms. The molecule has 3 aromatic heterocycles. The minimum absolute atomic E-state index is 0.000196. The Morgan fingerprint density at radius 1 is 1.06 bits per heavy atom. The standard InChI is InChI=1S/C26H28BN5O4/c1-25(2)26(3,4)36-27(35-25)18-7-6-8-19-21(18)34-24(31-19)17-13-30-22(28-5)16-12-29-20(11-15(16)17)32-23(33)14-9-10-14/h6-8,11-14H,9-10H2,1-5H3,(H,28,30)(H,29,32,33). The van der Waals surface area contributed by atoms with Gasteiger partial charge in [0.05, 0.1) is 16.8 Å². The smallest absolute Gasteiger partial charge is 0.436 e. The van der Waals surface area contributed by atoms with E-state index < -0.39 is 18.3 Å². The molecule has 2 aliphatic rings. The van der Waals surface area contributed by atoms with Gasteiger partial charge in [0.25, 0.3) is 0 Å². The number of benzene rings is 1. The summed E-state index contributed by atoms with van der Waals surface area (Å²) in [7, 11) is 1.23. The minimum atomic E-state index is -0.575. The van der Waals surface area contributed by atoms with E-state index in [0.29, 0.717) is 34.2 Å². The highest BCUT2D eigenvalue weighted by Gasteiger charge is 2.52. The lowest BCUT2D eigenvalue weighted by atomic mass is 9.78. The number of oxazole rings is 1. The van der Waals surface area contributed by atoms with E-state index in [-0.39, 0.29) is 11.8 Å². The lowest BCUT2D eigenvalue weighted by Crippen LogP contribution is -2.41. The lowest BCUT2D eigenvalue weighted by molar-refractivity contribution is -0.117. The molecule has 1 saturated heterocycles. The Morgan fingerprint density at radius 3 is 2.50 bits per heavy atom. The number of amides is 1. The molecule has 4 aromatic rings. The van der Waals surface area contributed by atoms with Crippen LogP contribution in [0.2, 0.25) is 0 Å². The first kappa shape index (κ1) is 22.9. The summed E-state index contributed by atoms with van der Waals surface area (Å²) in [6.07, 6.45) is 5.28. The van der Waals surface area contributed by atoms with Gasteiger partial charge in [-0.2, -0.15) is 0 Å². The molecule has 1 saturated carbocycles. The largest absolute Gasteiger partial charge is 0.498 e. The van der Waals surface area contributed by atoms with Gasteiger partial charge in [-0.1, -0.05) is 12.1 Å². The molecule has 0 unspecified atom stereocenters. The molecule has 0 atom stereocenters. The third-order valence-electron chi connectivity index (χ3n) is 7.39. The van der Waals surface area contributed by atoms with E-state index in [4.69, 9.17) is 18.7 Å². The number of nitrogens with one attached hydrogen (secondary N) is 2. The van der Waals surface area contributed by atoms with Crippen LogP contribution in [0.3, 0.4) is 0 Å². The van der Waals surface area contributed by atoms with Gasteiger partial charge in [-0.3, -0.25) is 4.79 Å². The summed E-state index contributed by atoms with van der Waals surface area (Å²) in [5, 5.41) is 7.65. The summed E-state index contributed by atoms with van der Waals surface area (Å²) >= 11 is 0. The van der Waals surface area contributed by atoms with Crippen molar-refractivity contribution in [2.75, 3.05) is 17.7 Å². The maximum absolute atomic E-state index is 12.3. The molecular weight excluding hydrogens is 457 g/mol. The molecule has 36 heavy (non-hydrogen) atoms. The first-order chi connectivity index (χ1) is 17.2. The van der Waals surface area contributed by atoms with E-state index in [1.54, 1.807) is 19.4 Å². The van der Waals surface area contributed by atoms with Gasteiger partial charge in [0.2, 0.25) is 11.8 Å². The van der Waals surface area contributed by atoms with Gasteiger partial charge in [0.1, 0.15) is 17.2 Å². The van der Waals surface area contributed by atoms with Crippen LogP contribution in [0, 0.1) is 5.92 Å². The van der Waals surface area contributed by atoms with Crippen molar-refractivity contribution in [1.29, 1.82) is 0 Å². The van der Waals surface area contributed by atoms with E-state index in [2.05, 4.69) is 20.6 Å². The predicted molar refractivity (Wildman–Crippen MR) is 139 cm³/mol. The number of hydrogen-bond donors (Lipinski definition) is 2. The number of fused-ring (bicyclic) bond motifs is 2. The van der Waals surface area contributed by atoms with Crippen LogP contribution >= 0.6 is 0 Å². The normalized spacial score (nSPS) is 18.6. The second-order valence-corrected chi connectivity index (χ2v) is 10.5. The van der Waals surface area contributed by atoms with Gasteiger partial charge >= 0.3 is 7.12 Å². The molecule has 9 nitrogen and oxygen atoms in total.